The lowest BCUT2D eigenvalue weighted by atomic mass is 10.0. The van der Waals surface area contributed by atoms with E-state index in [2.05, 4.69) is 48.6 Å². The Bertz CT molecular complexity index is 685. The monoisotopic (exact) mass is 374 g/mol. The van der Waals surface area contributed by atoms with Crippen molar-refractivity contribution in [3.8, 4) is 11.1 Å². The minimum atomic E-state index is 0. The Balaban J connectivity index is 0.00000243. The second kappa shape index (κ2) is 9.72. The number of carbonyl (C=O) groups is 1. The topological polar surface area (TPSA) is 41.6 Å². The average molecular weight is 375 g/mol. The van der Waals surface area contributed by atoms with Gasteiger partial charge in [-0.15, -0.1) is 12.4 Å². The van der Waals surface area contributed by atoms with Gasteiger partial charge in [0, 0.05) is 26.1 Å². The summed E-state index contributed by atoms with van der Waals surface area (Å²) in [6.07, 6.45) is 0.475. The quantitative estimate of drug-likeness (QED) is 0.868. The van der Waals surface area contributed by atoms with Crippen molar-refractivity contribution in [2.45, 2.75) is 25.4 Å². The molecule has 140 valence electrons. The zero-order valence-corrected chi connectivity index (χ0v) is 16.2. The van der Waals surface area contributed by atoms with Crippen molar-refractivity contribution >= 4 is 18.3 Å². The summed E-state index contributed by atoms with van der Waals surface area (Å²) in [5.74, 6) is 0.141. The molecule has 1 N–H and O–H groups in total. The molecular weight excluding hydrogens is 348 g/mol. The van der Waals surface area contributed by atoms with E-state index in [1.807, 2.05) is 30.1 Å². The van der Waals surface area contributed by atoms with Crippen LogP contribution in [-0.2, 0) is 9.53 Å². The van der Waals surface area contributed by atoms with E-state index in [-0.39, 0.29) is 30.4 Å². The highest BCUT2D eigenvalue weighted by Crippen LogP contribution is 2.24. The third-order valence-corrected chi connectivity index (χ3v) is 4.89. The van der Waals surface area contributed by atoms with Crippen molar-refractivity contribution in [2.75, 3.05) is 26.8 Å². The summed E-state index contributed by atoms with van der Waals surface area (Å²) < 4.78 is 5.43. The lowest BCUT2D eigenvalue weighted by Crippen LogP contribution is -2.44. The van der Waals surface area contributed by atoms with Gasteiger partial charge in [-0.1, -0.05) is 54.6 Å². The number of hydrogen-bond donors (Lipinski definition) is 1. The minimum Gasteiger partial charge on any atom is -0.378 e. The van der Waals surface area contributed by atoms with E-state index >= 15 is 0 Å². The summed E-state index contributed by atoms with van der Waals surface area (Å²) >= 11 is 0. The van der Waals surface area contributed by atoms with Gasteiger partial charge in [0.05, 0.1) is 19.3 Å². The SMILES string of the molecule is CC(c1ccc(-c2ccccc2)cc1)N(C)C(=O)CC1COCCN1.Cl. The van der Waals surface area contributed by atoms with Gasteiger partial charge < -0.3 is 15.0 Å². The molecule has 0 spiro atoms. The molecule has 2 aromatic rings. The minimum absolute atomic E-state index is 0. The molecule has 26 heavy (non-hydrogen) atoms. The van der Waals surface area contributed by atoms with Gasteiger partial charge in [-0.05, 0) is 23.6 Å². The van der Waals surface area contributed by atoms with Crippen LogP contribution < -0.4 is 5.32 Å². The van der Waals surface area contributed by atoms with Crippen LogP contribution in [0, 0.1) is 0 Å². The summed E-state index contributed by atoms with van der Waals surface area (Å²) in [7, 11) is 1.88. The highest BCUT2D eigenvalue weighted by molar-refractivity contribution is 5.85. The maximum absolute atomic E-state index is 12.5. The zero-order valence-electron chi connectivity index (χ0n) is 15.4. The second-order valence-electron chi connectivity index (χ2n) is 6.60. The first-order chi connectivity index (χ1) is 12.1. The molecule has 0 aliphatic carbocycles. The lowest BCUT2D eigenvalue weighted by Gasteiger charge is -2.29. The van der Waals surface area contributed by atoms with Crippen molar-refractivity contribution in [1.29, 1.82) is 0 Å². The van der Waals surface area contributed by atoms with E-state index in [0.29, 0.717) is 13.0 Å². The van der Waals surface area contributed by atoms with Crippen molar-refractivity contribution in [3.05, 3.63) is 60.2 Å². The first kappa shape index (κ1) is 20.4. The van der Waals surface area contributed by atoms with Crippen molar-refractivity contribution in [1.82, 2.24) is 10.2 Å². The number of hydrogen-bond acceptors (Lipinski definition) is 3. The van der Waals surface area contributed by atoms with Crippen molar-refractivity contribution in [2.24, 2.45) is 0 Å². The molecule has 2 aromatic carbocycles. The van der Waals surface area contributed by atoms with Gasteiger partial charge in [-0.25, -0.2) is 0 Å². The van der Waals surface area contributed by atoms with Crippen LogP contribution >= 0.6 is 12.4 Å². The average Bonchev–Trinajstić information content (AvgIpc) is 2.68. The van der Waals surface area contributed by atoms with Crippen LogP contribution in [0.25, 0.3) is 11.1 Å². The van der Waals surface area contributed by atoms with E-state index < -0.39 is 0 Å². The van der Waals surface area contributed by atoms with Crippen LogP contribution in [0.5, 0.6) is 0 Å². The smallest absolute Gasteiger partial charge is 0.224 e. The van der Waals surface area contributed by atoms with E-state index in [4.69, 9.17) is 4.74 Å². The molecule has 1 fully saturated rings. The molecule has 5 heteroatoms. The number of nitrogens with zero attached hydrogens (tertiary/aromatic N) is 1. The molecule has 0 radical (unpaired) electrons. The van der Waals surface area contributed by atoms with E-state index in [1.165, 1.54) is 11.1 Å². The fraction of sp³-hybridized carbons (Fsp3) is 0.381. The van der Waals surface area contributed by atoms with Crippen LogP contribution in [0.2, 0.25) is 0 Å². The fourth-order valence-electron chi connectivity index (χ4n) is 3.13. The van der Waals surface area contributed by atoms with Crippen LogP contribution in [-0.4, -0.2) is 43.7 Å². The number of amides is 1. The normalized spacial score (nSPS) is 17.8. The molecule has 2 unspecified atom stereocenters. The van der Waals surface area contributed by atoms with Crippen LogP contribution in [0.4, 0.5) is 0 Å². The van der Waals surface area contributed by atoms with Gasteiger partial charge in [0.25, 0.3) is 0 Å². The number of morpholine rings is 1. The first-order valence-electron chi connectivity index (χ1n) is 8.87. The Hall–Kier alpha value is -1.88. The molecule has 1 amide bonds. The molecule has 0 bridgehead atoms. The van der Waals surface area contributed by atoms with Gasteiger partial charge in [0.15, 0.2) is 0 Å². The molecule has 4 nitrogen and oxygen atoms in total. The lowest BCUT2D eigenvalue weighted by molar-refractivity contribution is -0.133. The van der Waals surface area contributed by atoms with E-state index in [1.54, 1.807) is 0 Å². The summed E-state index contributed by atoms with van der Waals surface area (Å²) in [6.45, 7) is 4.23. The number of nitrogens with one attached hydrogen (secondary N) is 1. The number of ether oxygens (including phenoxy) is 1. The predicted octanol–water partition coefficient (Wildman–Crippen LogP) is 3.67. The number of rotatable bonds is 5. The summed E-state index contributed by atoms with van der Waals surface area (Å²) in [5, 5.41) is 3.34. The molecule has 0 saturated carbocycles. The maximum atomic E-state index is 12.5. The fourth-order valence-corrected chi connectivity index (χ4v) is 3.13. The number of benzene rings is 2. The van der Waals surface area contributed by atoms with Crippen molar-refractivity contribution in [3.63, 3.8) is 0 Å². The maximum Gasteiger partial charge on any atom is 0.224 e. The third-order valence-electron chi connectivity index (χ3n) is 4.89. The first-order valence-corrected chi connectivity index (χ1v) is 8.87. The summed E-state index contributed by atoms with van der Waals surface area (Å²) in [5.41, 5.74) is 3.53. The van der Waals surface area contributed by atoms with Crippen LogP contribution in [0.3, 0.4) is 0 Å². The molecule has 2 atom stereocenters. The van der Waals surface area contributed by atoms with Gasteiger partial charge in [-0.2, -0.15) is 0 Å². The van der Waals surface area contributed by atoms with Gasteiger partial charge >= 0.3 is 0 Å². The summed E-state index contributed by atoms with van der Waals surface area (Å²) in [6, 6.07) is 18.9. The molecule has 1 aliphatic rings. The number of carbonyl (C=O) groups excluding carboxylic acids is 1. The van der Waals surface area contributed by atoms with Gasteiger partial charge in [0.2, 0.25) is 5.91 Å². The molecule has 3 rings (SSSR count). The van der Waals surface area contributed by atoms with Gasteiger partial charge in [0.1, 0.15) is 0 Å². The molecule has 0 aromatic heterocycles. The largest absolute Gasteiger partial charge is 0.378 e. The second-order valence-corrected chi connectivity index (χ2v) is 6.60. The molecular formula is C21H27ClN2O2. The summed E-state index contributed by atoms with van der Waals surface area (Å²) in [4.78, 5) is 14.4. The highest BCUT2D eigenvalue weighted by atomic mass is 35.5. The van der Waals surface area contributed by atoms with Crippen LogP contribution in [0.1, 0.15) is 24.9 Å². The Morgan fingerprint density at radius 2 is 1.81 bits per heavy atom. The Morgan fingerprint density at radius 1 is 1.15 bits per heavy atom. The molecule has 1 saturated heterocycles. The van der Waals surface area contributed by atoms with Crippen LogP contribution in [0.15, 0.2) is 54.6 Å². The highest BCUT2D eigenvalue weighted by Gasteiger charge is 2.22. The molecule has 1 heterocycles. The van der Waals surface area contributed by atoms with Crippen molar-refractivity contribution < 1.29 is 9.53 Å². The Kier molecular flexibility index (Phi) is 7.64. The van der Waals surface area contributed by atoms with E-state index in [9.17, 15) is 4.79 Å². The van der Waals surface area contributed by atoms with Gasteiger partial charge in [-0.3, -0.25) is 4.79 Å². The third kappa shape index (κ3) is 5.07. The Morgan fingerprint density at radius 3 is 2.42 bits per heavy atom. The zero-order chi connectivity index (χ0) is 17.6. The standard InChI is InChI=1S/C21H26N2O2.ClH/c1-16(23(2)21(24)14-20-15-25-13-12-22-20)17-8-10-19(11-9-17)18-6-4-3-5-7-18;/h3-11,16,20,22H,12-15H2,1-2H3;1H. The predicted molar refractivity (Wildman–Crippen MR) is 108 cm³/mol. The number of halogens is 1. The molecule has 1 aliphatic heterocycles. The Labute approximate surface area is 162 Å². The van der Waals surface area contributed by atoms with E-state index in [0.717, 1.165) is 18.7 Å².